The van der Waals surface area contributed by atoms with Crippen molar-refractivity contribution < 1.29 is 13.5 Å². The highest BCUT2D eigenvalue weighted by atomic mass is 19.3. The number of alkyl halides is 2. The molecule has 1 aromatic rings. The Morgan fingerprint density at radius 3 is 2.46 bits per heavy atom. The summed E-state index contributed by atoms with van der Waals surface area (Å²) in [5, 5.41) is 0. The van der Waals surface area contributed by atoms with Crippen LogP contribution in [-0.4, -0.2) is 6.10 Å². The van der Waals surface area contributed by atoms with Crippen LogP contribution in [-0.2, 0) is 0 Å². The highest BCUT2D eigenvalue weighted by Crippen LogP contribution is 2.23. The van der Waals surface area contributed by atoms with Crippen molar-refractivity contribution in [1.82, 2.24) is 0 Å². The minimum Gasteiger partial charge on any atom is -0.491 e. The summed E-state index contributed by atoms with van der Waals surface area (Å²) in [4.78, 5) is 0. The summed E-state index contributed by atoms with van der Waals surface area (Å²) in [7, 11) is 0. The first-order chi connectivity index (χ1) is 6.09. The van der Waals surface area contributed by atoms with Crippen LogP contribution in [0.4, 0.5) is 8.78 Å². The van der Waals surface area contributed by atoms with Crippen molar-refractivity contribution in [2.24, 2.45) is 0 Å². The van der Waals surface area contributed by atoms with Gasteiger partial charge in [-0.05, 0) is 26.0 Å². The van der Waals surface area contributed by atoms with Crippen LogP contribution in [0.1, 0.15) is 25.8 Å². The molecule has 3 heteroatoms. The summed E-state index contributed by atoms with van der Waals surface area (Å²) in [5.41, 5.74) is -0.00171. The van der Waals surface area contributed by atoms with E-state index < -0.39 is 6.43 Å². The molecule has 0 heterocycles. The van der Waals surface area contributed by atoms with E-state index in [-0.39, 0.29) is 11.7 Å². The normalized spacial score (nSPS) is 10.9. The summed E-state index contributed by atoms with van der Waals surface area (Å²) in [5.74, 6) is 0.493. The summed E-state index contributed by atoms with van der Waals surface area (Å²) in [6, 6.07) is 5.99. The second-order valence-corrected chi connectivity index (χ2v) is 3.04. The Morgan fingerprint density at radius 2 is 1.92 bits per heavy atom. The van der Waals surface area contributed by atoms with Crippen LogP contribution in [0, 0.1) is 0 Å². The Hall–Kier alpha value is -1.12. The van der Waals surface area contributed by atoms with Crippen molar-refractivity contribution >= 4 is 0 Å². The zero-order valence-electron chi connectivity index (χ0n) is 7.63. The third-order valence-corrected chi connectivity index (χ3v) is 1.48. The molecule has 0 N–H and O–H groups in total. The molecule has 1 aromatic carbocycles. The maximum absolute atomic E-state index is 12.2. The standard InChI is InChI=1S/C10H12F2O/c1-7(2)13-9-5-3-4-8(6-9)10(11)12/h3-7,10H,1-2H3. The zero-order chi connectivity index (χ0) is 9.84. The van der Waals surface area contributed by atoms with Gasteiger partial charge in [0.2, 0.25) is 0 Å². The zero-order valence-corrected chi connectivity index (χ0v) is 7.63. The third kappa shape index (κ3) is 3.01. The lowest BCUT2D eigenvalue weighted by Crippen LogP contribution is -2.05. The molecule has 0 saturated carbocycles. The average molecular weight is 186 g/mol. The predicted octanol–water partition coefficient (Wildman–Crippen LogP) is 3.41. The van der Waals surface area contributed by atoms with E-state index in [0.717, 1.165) is 0 Å². The fraction of sp³-hybridized carbons (Fsp3) is 0.400. The van der Waals surface area contributed by atoms with Gasteiger partial charge in [-0.3, -0.25) is 0 Å². The van der Waals surface area contributed by atoms with Gasteiger partial charge in [0.05, 0.1) is 6.10 Å². The van der Waals surface area contributed by atoms with E-state index in [0.29, 0.717) is 5.75 Å². The quantitative estimate of drug-likeness (QED) is 0.702. The Balaban J connectivity index is 2.79. The van der Waals surface area contributed by atoms with Crippen LogP contribution in [0.5, 0.6) is 5.75 Å². The third-order valence-electron chi connectivity index (χ3n) is 1.48. The van der Waals surface area contributed by atoms with Crippen LogP contribution in [0.25, 0.3) is 0 Å². The van der Waals surface area contributed by atoms with Gasteiger partial charge in [0, 0.05) is 5.56 Å². The number of ether oxygens (including phenoxy) is 1. The molecule has 0 fully saturated rings. The SMILES string of the molecule is CC(C)Oc1cccc(C(F)F)c1. The fourth-order valence-electron chi connectivity index (χ4n) is 0.996. The van der Waals surface area contributed by atoms with E-state index in [9.17, 15) is 8.78 Å². The van der Waals surface area contributed by atoms with Gasteiger partial charge >= 0.3 is 0 Å². The van der Waals surface area contributed by atoms with Gasteiger partial charge in [0.1, 0.15) is 5.75 Å². The molecule has 0 aliphatic rings. The van der Waals surface area contributed by atoms with Crippen LogP contribution < -0.4 is 4.74 Å². The lowest BCUT2D eigenvalue weighted by molar-refractivity contribution is 0.150. The van der Waals surface area contributed by atoms with Gasteiger partial charge in [-0.1, -0.05) is 12.1 Å². The molecule has 0 aliphatic heterocycles. The van der Waals surface area contributed by atoms with Gasteiger partial charge in [-0.25, -0.2) is 8.78 Å². The molecule has 1 nitrogen and oxygen atoms in total. The summed E-state index contributed by atoms with van der Waals surface area (Å²) in [6.07, 6.45) is -2.43. The van der Waals surface area contributed by atoms with Gasteiger partial charge in [0.25, 0.3) is 6.43 Å². The van der Waals surface area contributed by atoms with E-state index in [2.05, 4.69) is 0 Å². The highest BCUT2D eigenvalue weighted by molar-refractivity contribution is 5.29. The number of hydrogen-bond donors (Lipinski definition) is 0. The molecule has 0 spiro atoms. The second-order valence-electron chi connectivity index (χ2n) is 3.04. The Kier molecular flexibility index (Phi) is 3.23. The van der Waals surface area contributed by atoms with E-state index in [1.54, 1.807) is 12.1 Å². The van der Waals surface area contributed by atoms with E-state index in [1.165, 1.54) is 12.1 Å². The number of rotatable bonds is 3. The van der Waals surface area contributed by atoms with Gasteiger partial charge in [-0.15, -0.1) is 0 Å². The Labute approximate surface area is 76.3 Å². The Morgan fingerprint density at radius 1 is 1.23 bits per heavy atom. The second kappa shape index (κ2) is 4.21. The molecule has 72 valence electrons. The van der Waals surface area contributed by atoms with Crippen LogP contribution >= 0.6 is 0 Å². The van der Waals surface area contributed by atoms with E-state index >= 15 is 0 Å². The maximum atomic E-state index is 12.2. The highest BCUT2D eigenvalue weighted by Gasteiger charge is 2.07. The molecule has 0 aliphatic carbocycles. The molecule has 0 unspecified atom stereocenters. The van der Waals surface area contributed by atoms with Gasteiger partial charge < -0.3 is 4.74 Å². The van der Waals surface area contributed by atoms with Gasteiger partial charge in [-0.2, -0.15) is 0 Å². The van der Waals surface area contributed by atoms with Crippen LogP contribution in [0.3, 0.4) is 0 Å². The lowest BCUT2D eigenvalue weighted by Gasteiger charge is -2.10. The molecule has 0 aromatic heterocycles. The monoisotopic (exact) mass is 186 g/mol. The summed E-state index contributed by atoms with van der Waals surface area (Å²) < 4.78 is 29.7. The smallest absolute Gasteiger partial charge is 0.263 e. The van der Waals surface area contributed by atoms with E-state index in [1.807, 2.05) is 13.8 Å². The van der Waals surface area contributed by atoms with Gasteiger partial charge in [0.15, 0.2) is 0 Å². The predicted molar refractivity (Wildman–Crippen MR) is 47.2 cm³/mol. The molecule has 0 saturated heterocycles. The minimum absolute atomic E-state index is 0.00171. The topological polar surface area (TPSA) is 9.23 Å². The van der Waals surface area contributed by atoms with Crippen molar-refractivity contribution in [1.29, 1.82) is 0 Å². The molecular weight excluding hydrogens is 174 g/mol. The van der Waals surface area contributed by atoms with Crippen molar-refractivity contribution in [3.63, 3.8) is 0 Å². The molecule has 0 radical (unpaired) electrons. The molecule has 0 atom stereocenters. The maximum Gasteiger partial charge on any atom is 0.263 e. The average Bonchev–Trinajstić information content (AvgIpc) is 2.03. The van der Waals surface area contributed by atoms with Crippen molar-refractivity contribution in [2.45, 2.75) is 26.4 Å². The summed E-state index contributed by atoms with van der Waals surface area (Å²) >= 11 is 0. The van der Waals surface area contributed by atoms with Crippen LogP contribution in [0.15, 0.2) is 24.3 Å². The molecule has 13 heavy (non-hydrogen) atoms. The van der Waals surface area contributed by atoms with Crippen molar-refractivity contribution in [2.75, 3.05) is 0 Å². The van der Waals surface area contributed by atoms with Crippen LogP contribution in [0.2, 0.25) is 0 Å². The lowest BCUT2D eigenvalue weighted by atomic mass is 10.2. The first-order valence-corrected chi connectivity index (χ1v) is 4.14. The Bertz CT molecular complexity index is 271. The van der Waals surface area contributed by atoms with Crippen molar-refractivity contribution in [3.8, 4) is 5.75 Å². The largest absolute Gasteiger partial charge is 0.491 e. The molecular formula is C10H12F2O. The number of benzene rings is 1. The van der Waals surface area contributed by atoms with Crippen molar-refractivity contribution in [3.05, 3.63) is 29.8 Å². The molecule has 0 amide bonds. The number of halogens is 2. The summed E-state index contributed by atoms with van der Waals surface area (Å²) in [6.45, 7) is 3.71. The molecule has 1 rings (SSSR count). The first-order valence-electron chi connectivity index (χ1n) is 4.14. The molecule has 0 bridgehead atoms. The fourth-order valence-corrected chi connectivity index (χ4v) is 0.996. The van der Waals surface area contributed by atoms with E-state index in [4.69, 9.17) is 4.74 Å². The number of hydrogen-bond acceptors (Lipinski definition) is 1. The minimum atomic E-state index is -2.43. The first kappa shape index (κ1) is 9.96.